The standard InChI is InChI=1S/C24H26N2O3S/c1-15-12-16(2)14-20(13-15)26(30(4,28)29)17(3)24(27)25-22-11-10-19-9-8-18-6-5-7-21(22)23(18)19/h5-7,10-14,17H,8-9H2,1-4H3,(H,25,27). The van der Waals surface area contributed by atoms with Crippen LogP contribution in [0.2, 0.25) is 0 Å². The molecule has 1 amide bonds. The Balaban J connectivity index is 1.70. The number of aryl methyl sites for hydroxylation is 4. The molecule has 156 valence electrons. The summed E-state index contributed by atoms with van der Waals surface area (Å²) < 4.78 is 26.4. The van der Waals surface area contributed by atoms with Crippen molar-refractivity contribution in [3.63, 3.8) is 0 Å². The summed E-state index contributed by atoms with van der Waals surface area (Å²) in [5.41, 5.74) is 5.68. The normalized spacial score (nSPS) is 14.0. The van der Waals surface area contributed by atoms with E-state index in [4.69, 9.17) is 0 Å². The molecule has 1 aliphatic rings. The summed E-state index contributed by atoms with van der Waals surface area (Å²) in [6, 6.07) is 14.8. The van der Waals surface area contributed by atoms with Gasteiger partial charge in [-0.25, -0.2) is 8.42 Å². The zero-order valence-corrected chi connectivity index (χ0v) is 18.5. The number of rotatable bonds is 5. The van der Waals surface area contributed by atoms with E-state index < -0.39 is 16.1 Å². The molecule has 30 heavy (non-hydrogen) atoms. The van der Waals surface area contributed by atoms with Crippen LogP contribution in [0.1, 0.15) is 29.2 Å². The van der Waals surface area contributed by atoms with E-state index in [2.05, 4.69) is 17.4 Å². The molecule has 4 rings (SSSR count). The van der Waals surface area contributed by atoms with Crippen molar-refractivity contribution >= 4 is 38.1 Å². The van der Waals surface area contributed by atoms with E-state index in [9.17, 15) is 13.2 Å². The van der Waals surface area contributed by atoms with Crippen molar-refractivity contribution in [2.75, 3.05) is 15.9 Å². The minimum absolute atomic E-state index is 0.363. The van der Waals surface area contributed by atoms with Crippen molar-refractivity contribution in [2.24, 2.45) is 0 Å². The van der Waals surface area contributed by atoms with Crippen LogP contribution in [0.5, 0.6) is 0 Å². The van der Waals surface area contributed by atoms with Crippen molar-refractivity contribution in [3.8, 4) is 0 Å². The summed E-state index contributed by atoms with van der Waals surface area (Å²) in [6.45, 7) is 5.44. The van der Waals surface area contributed by atoms with E-state index in [0.717, 1.165) is 35.6 Å². The highest BCUT2D eigenvalue weighted by molar-refractivity contribution is 7.92. The Kier molecular flexibility index (Phi) is 5.06. The van der Waals surface area contributed by atoms with E-state index >= 15 is 0 Å². The molecule has 0 bridgehead atoms. The first-order chi connectivity index (χ1) is 14.1. The molecule has 1 aliphatic carbocycles. The molecule has 0 spiro atoms. The predicted octanol–water partition coefficient (Wildman–Crippen LogP) is 4.35. The topological polar surface area (TPSA) is 66.5 Å². The van der Waals surface area contributed by atoms with Crippen LogP contribution in [0.3, 0.4) is 0 Å². The number of amides is 1. The number of benzene rings is 3. The van der Waals surface area contributed by atoms with Gasteiger partial charge in [-0.3, -0.25) is 9.10 Å². The number of nitrogens with zero attached hydrogens (tertiary/aromatic N) is 1. The van der Waals surface area contributed by atoms with Gasteiger partial charge in [-0.1, -0.05) is 30.3 Å². The summed E-state index contributed by atoms with van der Waals surface area (Å²) in [5.74, 6) is -0.363. The lowest BCUT2D eigenvalue weighted by molar-refractivity contribution is -0.116. The van der Waals surface area contributed by atoms with Crippen LogP contribution in [-0.2, 0) is 27.7 Å². The minimum atomic E-state index is -3.66. The van der Waals surface area contributed by atoms with Gasteiger partial charge in [0, 0.05) is 11.1 Å². The van der Waals surface area contributed by atoms with Crippen LogP contribution >= 0.6 is 0 Å². The van der Waals surface area contributed by atoms with E-state index in [0.29, 0.717) is 11.4 Å². The first kappa shape index (κ1) is 20.4. The van der Waals surface area contributed by atoms with E-state index in [-0.39, 0.29) is 5.91 Å². The number of carbonyl (C=O) groups is 1. The number of carbonyl (C=O) groups excluding carboxylic acids is 1. The Bertz CT molecular complexity index is 1230. The van der Waals surface area contributed by atoms with E-state index in [1.54, 1.807) is 19.1 Å². The Morgan fingerprint density at radius 2 is 1.63 bits per heavy atom. The van der Waals surface area contributed by atoms with Crippen LogP contribution in [0.25, 0.3) is 10.8 Å². The van der Waals surface area contributed by atoms with Crippen LogP contribution in [-0.4, -0.2) is 26.6 Å². The lowest BCUT2D eigenvalue weighted by Gasteiger charge is -2.29. The number of sulfonamides is 1. The molecule has 1 unspecified atom stereocenters. The third-order valence-corrected chi connectivity index (χ3v) is 6.93. The van der Waals surface area contributed by atoms with Crippen molar-refractivity contribution in [1.29, 1.82) is 0 Å². The molecule has 0 saturated carbocycles. The smallest absolute Gasteiger partial charge is 0.248 e. The SMILES string of the molecule is Cc1cc(C)cc(N(C(C)C(=O)Nc2ccc3c4c(cccc24)CC3)S(C)(=O)=O)c1. The molecule has 0 aliphatic heterocycles. The van der Waals surface area contributed by atoms with Gasteiger partial charge in [0.1, 0.15) is 6.04 Å². The lowest BCUT2D eigenvalue weighted by Crippen LogP contribution is -2.45. The van der Waals surface area contributed by atoms with Crippen LogP contribution in [0.4, 0.5) is 11.4 Å². The second-order valence-corrected chi connectivity index (χ2v) is 10.0. The molecule has 0 heterocycles. The van der Waals surface area contributed by atoms with Gasteiger partial charge in [0.05, 0.1) is 11.9 Å². The summed E-state index contributed by atoms with van der Waals surface area (Å²) >= 11 is 0. The number of anilines is 2. The van der Waals surface area contributed by atoms with Gasteiger partial charge in [-0.2, -0.15) is 0 Å². The van der Waals surface area contributed by atoms with Crippen molar-refractivity contribution < 1.29 is 13.2 Å². The van der Waals surface area contributed by atoms with Gasteiger partial charge < -0.3 is 5.32 Å². The average Bonchev–Trinajstić information content (AvgIpc) is 3.07. The zero-order chi connectivity index (χ0) is 21.6. The Labute approximate surface area is 177 Å². The van der Waals surface area contributed by atoms with Crippen LogP contribution in [0.15, 0.2) is 48.5 Å². The monoisotopic (exact) mass is 422 g/mol. The van der Waals surface area contributed by atoms with Gasteiger partial charge in [-0.05, 0) is 79.5 Å². The van der Waals surface area contributed by atoms with Crippen molar-refractivity contribution in [3.05, 3.63) is 70.8 Å². The van der Waals surface area contributed by atoms with Crippen molar-refractivity contribution in [2.45, 2.75) is 39.7 Å². The fourth-order valence-corrected chi connectivity index (χ4v) is 5.64. The largest absolute Gasteiger partial charge is 0.324 e. The molecular weight excluding hydrogens is 396 g/mol. The van der Waals surface area contributed by atoms with E-state index in [1.165, 1.54) is 20.8 Å². The summed E-state index contributed by atoms with van der Waals surface area (Å²) in [6.07, 6.45) is 3.15. The quantitative estimate of drug-likeness (QED) is 0.665. The molecular formula is C24H26N2O3S. The molecule has 3 aromatic carbocycles. The molecule has 0 fully saturated rings. The second-order valence-electron chi connectivity index (χ2n) is 8.18. The fraction of sp³-hybridized carbons (Fsp3) is 0.292. The van der Waals surface area contributed by atoms with Gasteiger partial charge >= 0.3 is 0 Å². The molecule has 0 radical (unpaired) electrons. The van der Waals surface area contributed by atoms with Crippen molar-refractivity contribution in [1.82, 2.24) is 0 Å². The highest BCUT2D eigenvalue weighted by atomic mass is 32.2. The molecule has 1 N–H and O–H groups in total. The molecule has 3 aromatic rings. The van der Waals surface area contributed by atoms with Gasteiger partial charge in [0.2, 0.25) is 15.9 Å². The highest BCUT2D eigenvalue weighted by Gasteiger charge is 2.30. The molecule has 0 saturated heterocycles. The summed E-state index contributed by atoms with van der Waals surface area (Å²) in [4.78, 5) is 13.2. The lowest BCUT2D eigenvalue weighted by atomic mass is 10.0. The van der Waals surface area contributed by atoms with Gasteiger partial charge in [0.15, 0.2) is 0 Å². The Morgan fingerprint density at radius 3 is 2.27 bits per heavy atom. The molecule has 0 aromatic heterocycles. The molecule has 1 atom stereocenters. The first-order valence-electron chi connectivity index (χ1n) is 10.1. The molecule has 5 nitrogen and oxygen atoms in total. The Morgan fingerprint density at radius 1 is 1.00 bits per heavy atom. The Hall–Kier alpha value is -2.86. The fourth-order valence-electron chi connectivity index (χ4n) is 4.48. The minimum Gasteiger partial charge on any atom is -0.324 e. The number of hydrogen-bond donors (Lipinski definition) is 1. The maximum Gasteiger partial charge on any atom is 0.248 e. The van der Waals surface area contributed by atoms with Gasteiger partial charge in [0.25, 0.3) is 0 Å². The average molecular weight is 423 g/mol. The van der Waals surface area contributed by atoms with Crippen LogP contribution < -0.4 is 9.62 Å². The third kappa shape index (κ3) is 3.67. The summed E-state index contributed by atoms with van der Waals surface area (Å²) in [7, 11) is -3.66. The predicted molar refractivity (Wildman–Crippen MR) is 123 cm³/mol. The molecule has 6 heteroatoms. The number of hydrogen-bond acceptors (Lipinski definition) is 3. The highest BCUT2D eigenvalue weighted by Crippen LogP contribution is 2.35. The van der Waals surface area contributed by atoms with E-state index in [1.807, 2.05) is 38.1 Å². The third-order valence-electron chi connectivity index (χ3n) is 5.68. The zero-order valence-electron chi connectivity index (χ0n) is 17.7. The second kappa shape index (κ2) is 7.43. The van der Waals surface area contributed by atoms with Gasteiger partial charge in [-0.15, -0.1) is 0 Å². The number of nitrogens with one attached hydrogen (secondary N) is 1. The first-order valence-corrected chi connectivity index (χ1v) is 11.9. The maximum absolute atomic E-state index is 13.2. The maximum atomic E-state index is 13.2. The summed E-state index contributed by atoms with van der Waals surface area (Å²) in [5, 5.41) is 5.18. The van der Waals surface area contributed by atoms with Crippen LogP contribution in [0, 0.1) is 13.8 Å².